The molecule has 1 fully saturated rings. The summed E-state index contributed by atoms with van der Waals surface area (Å²) >= 11 is 0. The van der Waals surface area contributed by atoms with Crippen molar-refractivity contribution in [3.63, 3.8) is 0 Å². The number of pyridine rings is 1. The average molecular weight is 431 g/mol. The first kappa shape index (κ1) is 23.8. The largest absolute Gasteiger partial charge is 0.342 e. The highest BCUT2D eigenvalue weighted by Crippen LogP contribution is 2.20. The number of aromatic nitrogens is 1. The second-order valence-electron chi connectivity index (χ2n) is 7.49. The minimum Gasteiger partial charge on any atom is -0.342 e. The summed E-state index contributed by atoms with van der Waals surface area (Å²) < 4.78 is 0. The Hall–Kier alpha value is -2.44. The molecule has 162 valence electrons. The third-order valence-electron chi connectivity index (χ3n) is 5.48. The summed E-state index contributed by atoms with van der Waals surface area (Å²) in [7, 11) is 1.77. The molecular weight excluding hydrogens is 400 g/mol. The molecule has 0 radical (unpaired) electrons. The summed E-state index contributed by atoms with van der Waals surface area (Å²) in [5.74, 6) is -0.117. The van der Waals surface area contributed by atoms with Gasteiger partial charge in [-0.3, -0.25) is 14.6 Å². The molecule has 1 aliphatic heterocycles. The molecule has 7 heteroatoms. The van der Waals surface area contributed by atoms with Gasteiger partial charge in [-0.1, -0.05) is 12.1 Å². The van der Waals surface area contributed by atoms with Gasteiger partial charge in [0.05, 0.1) is 12.2 Å². The van der Waals surface area contributed by atoms with Crippen molar-refractivity contribution < 1.29 is 9.59 Å². The number of rotatable bonds is 6. The number of carbonyl (C=O) groups excluding carboxylic acids is 2. The maximum Gasteiger partial charge on any atom is 0.254 e. The summed E-state index contributed by atoms with van der Waals surface area (Å²) in [5, 5.41) is 3.41. The molecule has 1 unspecified atom stereocenters. The fourth-order valence-electron chi connectivity index (χ4n) is 3.66. The van der Waals surface area contributed by atoms with Crippen LogP contribution >= 0.6 is 12.4 Å². The molecule has 1 aromatic heterocycles. The molecule has 0 aliphatic carbocycles. The number of benzene rings is 1. The average Bonchev–Trinajstić information content (AvgIpc) is 3.06. The predicted octanol–water partition coefficient (Wildman–Crippen LogP) is 3.38. The molecule has 30 heavy (non-hydrogen) atoms. The highest BCUT2D eigenvalue weighted by Gasteiger charge is 2.26. The zero-order valence-electron chi connectivity index (χ0n) is 17.7. The Morgan fingerprint density at radius 2 is 1.83 bits per heavy atom. The lowest BCUT2D eigenvalue weighted by atomic mass is 10.0. The van der Waals surface area contributed by atoms with Gasteiger partial charge in [0.2, 0.25) is 0 Å². The second-order valence-corrected chi connectivity index (χ2v) is 7.49. The summed E-state index contributed by atoms with van der Waals surface area (Å²) in [5.41, 5.74) is 1.96. The normalized spacial score (nSPS) is 16.1. The van der Waals surface area contributed by atoms with Gasteiger partial charge in [-0.2, -0.15) is 0 Å². The molecule has 3 rings (SSSR count). The van der Waals surface area contributed by atoms with Gasteiger partial charge >= 0.3 is 0 Å². The van der Waals surface area contributed by atoms with E-state index in [4.69, 9.17) is 0 Å². The van der Waals surface area contributed by atoms with E-state index in [1.807, 2.05) is 30.0 Å². The molecule has 2 aromatic rings. The number of hydrogen-bond acceptors (Lipinski definition) is 4. The summed E-state index contributed by atoms with van der Waals surface area (Å²) in [6.45, 7) is 4.91. The lowest BCUT2D eigenvalue weighted by Gasteiger charge is -2.31. The Morgan fingerprint density at radius 3 is 2.53 bits per heavy atom. The zero-order chi connectivity index (χ0) is 20.6. The van der Waals surface area contributed by atoms with Crippen LogP contribution < -0.4 is 5.32 Å². The first-order valence-electron chi connectivity index (χ1n) is 10.4. The highest BCUT2D eigenvalue weighted by atomic mass is 35.5. The Balaban J connectivity index is 0.00000320. The summed E-state index contributed by atoms with van der Waals surface area (Å²) in [6.07, 6.45) is 4.67. The van der Waals surface area contributed by atoms with Gasteiger partial charge in [-0.15, -0.1) is 12.4 Å². The standard InChI is InChI=1S/C23H30N4O2.ClH/c1-3-26(2)22(28)18-8-6-9-19(16-18)23(29)27(17-20-10-4-5-14-25-20)21-11-7-13-24-15-12-21;/h4-6,8-10,14,16,21,24H,3,7,11-13,15,17H2,1-2H3;1H. The lowest BCUT2D eigenvalue weighted by molar-refractivity contribution is 0.0642. The SMILES string of the molecule is CCN(C)C(=O)c1cccc(C(=O)N(Cc2ccccn2)C2CCCNCC2)c1.Cl. The van der Waals surface area contributed by atoms with Crippen LogP contribution in [0.1, 0.15) is 52.6 Å². The van der Waals surface area contributed by atoms with E-state index < -0.39 is 0 Å². The van der Waals surface area contributed by atoms with E-state index >= 15 is 0 Å². The van der Waals surface area contributed by atoms with E-state index in [0.29, 0.717) is 24.2 Å². The van der Waals surface area contributed by atoms with Crippen LogP contribution in [0.3, 0.4) is 0 Å². The van der Waals surface area contributed by atoms with Crippen LogP contribution in [0.4, 0.5) is 0 Å². The van der Waals surface area contributed by atoms with E-state index in [-0.39, 0.29) is 30.3 Å². The Bertz CT molecular complexity index is 823. The zero-order valence-corrected chi connectivity index (χ0v) is 18.5. The van der Waals surface area contributed by atoms with Crippen molar-refractivity contribution in [1.29, 1.82) is 0 Å². The number of hydrogen-bond donors (Lipinski definition) is 1. The monoisotopic (exact) mass is 430 g/mol. The van der Waals surface area contributed by atoms with Crippen molar-refractivity contribution >= 4 is 24.2 Å². The van der Waals surface area contributed by atoms with E-state index in [0.717, 1.165) is 38.0 Å². The Labute approximate surface area is 185 Å². The molecule has 0 saturated carbocycles. The number of carbonyl (C=O) groups is 2. The number of nitrogens with one attached hydrogen (secondary N) is 1. The van der Waals surface area contributed by atoms with Gasteiger partial charge < -0.3 is 15.1 Å². The molecule has 1 aliphatic rings. The van der Waals surface area contributed by atoms with Crippen molar-refractivity contribution in [2.24, 2.45) is 0 Å². The van der Waals surface area contributed by atoms with Gasteiger partial charge in [-0.25, -0.2) is 0 Å². The smallest absolute Gasteiger partial charge is 0.254 e. The number of nitrogens with zero attached hydrogens (tertiary/aromatic N) is 3. The topological polar surface area (TPSA) is 65.5 Å². The van der Waals surface area contributed by atoms with Crippen LogP contribution in [0.2, 0.25) is 0 Å². The van der Waals surface area contributed by atoms with Gasteiger partial charge in [0, 0.05) is 37.0 Å². The Kier molecular flexibility index (Phi) is 9.27. The van der Waals surface area contributed by atoms with Crippen LogP contribution in [0.5, 0.6) is 0 Å². The fourth-order valence-corrected chi connectivity index (χ4v) is 3.66. The minimum atomic E-state index is -0.0721. The van der Waals surface area contributed by atoms with Crippen molar-refractivity contribution in [3.05, 3.63) is 65.5 Å². The predicted molar refractivity (Wildman–Crippen MR) is 121 cm³/mol. The first-order valence-corrected chi connectivity index (χ1v) is 10.4. The van der Waals surface area contributed by atoms with Crippen molar-refractivity contribution in [2.45, 2.75) is 38.8 Å². The highest BCUT2D eigenvalue weighted by molar-refractivity contribution is 5.99. The third-order valence-corrected chi connectivity index (χ3v) is 5.48. The molecule has 0 spiro atoms. The quantitative estimate of drug-likeness (QED) is 0.762. The third kappa shape index (κ3) is 6.03. The van der Waals surface area contributed by atoms with Gasteiger partial charge in [-0.05, 0) is 69.6 Å². The van der Waals surface area contributed by atoms with E-state index in [1.165, 1.54) is 0 Å². The molecule has 2 amide bonds. The number of halogens is 1. The Morgan fingerprint density at radius 1 is 1.07 bits per heavy atom. The van der Waals surface area contributed by atoms with Crippen LogP contribution in [-0.4, -0.2) is 59.3 Å². The second kappa shape index (κ2) is 11.7. The maximum absolute atomic E-state index is 13.5. The molecule has 6 nitrogen and oxygen atoms in total. The van der Waals surface area contributed by atoms with Gasteiger partial charge in [0.25, 0.3) is 11.8 Å². The van der Waals surface area contributed by atoms with Gasteiger partial charge in [0.1, 0.15) is 0 Å². The molecule has 1 N–H and O–H groups in total. The van der Waals surface area contributed by atoms with Crippen LogP contribution in [-0.2, 0) is 6.54 Å². The van der Waals surface area contributed by atoms with E-state index in [9.17, 15) is 9.59 Å². The lowest BCUT2D eigenvalue weighted by Crippen LogP contribution is -2.40. The number of amides is 2. The molecular formula is C23H31ClN4O2. The summed E-state index contributed by atoms with van der Waals surface area (Å²) in [4.78, 5) is 34.1. The maximum atomic E-state index is 13.5. The van der Waals surface area contributed by atoms with E-state index in [1.54, 1.807) is 42.4 Å². The molecule has 2 heterocycles. The molecule has 1 saturated heterocycles. The van der Waals surface area contributed by atoms with Crippen molar-refractivity contribution in [1.82, 2.24) is 20.1 Å². The molecule has 1 atom stereocenters. The summed E-state index contributed by atoms with van der Waals surface area (Å²) in [6, 6.07) is 13.0. The van der Waals surface area contributed by atoms with Gasteiger partial charge in [0.15, 0.2) is 0 Å². The minimum absolute atomic E-state index is 0. The molecule has 1 aromatic carbocycles. The first-order chi connectivity index (χ1) is 14.1. The van der Waals surface area contributed by atoms with Crippen LogP contribution in [0.15, 0.2) is 48.7 Å². The van der Waals surface area contributed by atoms with E-state index in [2.05, 4.69) is 10.3 Å². The van der Waals surface area contributed by atoms with Crippen LogP contribution in [0, 0.1) is 0 Å². The van der Waals surface area contributed by atoms with Crippen molar-refractivity contribution in [3.8, 4) is 0 Å². The molecule has 0 bridgehead atoms. The fraction of sp³-hybridized carbons (Fsp3) is 0.435. The van der Waals surface area contributed by atoms with Crippen LogP contribution in [0.25, 0.3) is 0 Å². The van der Waals surface area contributed by atoms with Crippen molar-refractivity contribution in [2.75, 3.05) is 26.7 Å².